The Kier molecular flexibility index (Phi) is 5.65. The molecule has 7 nitrogen and oxygen atoms in total. The number of likely N-dealkylation sites (tertiary alicyclic amines) is 1. The van der Waals surface area contributed by atoms with Crippen molar-refractivity contribution in [1.29, 1.82) is 0 Å². The maximum atomic E-state index is 12.2. The van der Waals surface area contributed by atoms with Gasteiger partial charge in [0.05, 0.1) is 6.04 Å². The van der Waals surface area contributed by atoms with Crippen LogP contribution < -0.4 is 10.6 Å². The topological polar surface area (TPSA) is 75.1 Å². The molecule has 1 aromatic heterocycles. The lowest BCUT2D eigenvalue weighted by molar-refractivity contribution is 0.236. The van der Waals surface area contributed by atoms with Gasteiger partial charge < -0.3 is 15.2 Å². The van der Waals surface area contributed by atoms with Crippen LogP contribution in [0.5, 0.6) is 0 Å². The second kappa shape index (κ2) is 8.11. The highest BCUT2D eigenvalue weighted by Gasteiger charge is 2.16. The highest BCUT2D eigenvalue weighted by atomic mass is 16.2. The van der Waals surface area contributed by atoms with Crippen molar-refractivity contribution < 1.29 is 4.79 Å². The largest absolute Gasteiger partial charge is 0.334 e. The van der Waals surface area contributed by atoms with Crippen LogP contribution in [0.1, 0.15) is 42.8 Å². The van der Waals surface area contributed by atoms with E-state index in [1.54, 1.807) is 10.9 Å². The second-order valence-electron chi connectivity index (χ2n) is 6.60. The first kappa shape index (κ1) is 17.4. The highest BCUT2D eigenvalue weighted by molar-refractivity contribution is 5.74. The molecule has 2 aromatic rings. The van der Waals surface area contributed by atoms with E-state index >= 15 is 0 Å². The van der Waals surface area contributed by atoms with Crippen LogP contribution in [-0.2, 0) is 20.1 Å². The summed E-state index contributed by atoms with van der Waals surface area (Å²) in [6, 6.07) is 7.90. The molecule has 0 radical (unpaired) electrons. The van der Waals surface area contributed by atoms with E-state index in [0.29, 0.717) is 6.54 Å². The number of carbonyl (C=O) groups excluding carboxylic acids is 1. The maximum Gasteiger partial charge on any atom is 0.315 e. The number of urea groups is 1. The van der Waals surface area contributed by atoms with Gasteiger partial charge in [0.25, 0.3) is 0 Å². The van der Waals surface area contributed by atoms with Crippen LogP contribution in [0.2, 0.25) is 0 Å². The number of aryl methyl sites for hydroxylation is 1. The first-order valence-electron chi connectivity index (χ1n) is 8.81. The molecule has 134 valence electrons. The predicted molar refractivity (Wildman–Crippen MR) is 95.7 cm³/mol. The fourth-order valence-electron chi connectivity index (χ4n) is 3.24. The highest BCUT2D eigenvalue weighted by Crippen LogP contribution is 2.16. The van der Waals surface area contributed by atoms with Crippen molar-refractivity contribution in [2.45, 2.75) is 38.9 Å². The molecule has 2 N–H and O–H groups in total. The summed E-state index contributed by atoms with van der Waals surface area (Å²) in [6.07, 6.45) is 4.19. The minimum Gasteiger partial charge on any atom is -0.334 e. The van der Waals surface area contributed by atoms with Gasteiger partial charge in [-0.05, 0) is 44.0 Å². The van der Waals surface area contributed by atoms with Gasteiger partial charge in [0.1, 0.15) is 6.33 Å². The number of hydrogen-bond acceptors (Lipinski definition) is 4. The maximum absolute atomic E-state index is 12.2. The van der Waals surface area contributed by atoms with Gasteiger partial charge >= 0.3 is 6.03 Å². The molecule has 0 aliphatic carbocycles. The van der Waals surface area contributed by atoms with Crippen molar-refractivity contribution >= 4 is 6.03 Å². The van der Waals surface area contributed by atoms with Gasteiger partial charge in [0.15, 0.2) is 5.82 Å². The van der Waals surface area contributed by atoms with Gasteiger partial charge in [-0.3, -0.25) is 4.90 Å². The third kappa shape index (κ3) is 4.57. The van der Waals surface area contributed by atoms with Gasteiger partial charge in [-0.25, -0.2) is 4.79 Å². The molecule has 7 heteroatoms. The van der Waals surface area contributed by atoms with Crippen LogP contribution in [0.3, 0.4) is 0 Å². The third-order valence-corrected chi connectivity index (χ3v) is 4.63. The zero-order chi connectivity index (χ0) is 17.6. The van der Waals surface area contributed by atoms with Crippen LogP contribution in [0, 0.1) is 0 Å². The molecule has 1 aliphatic rings. The lowest BCUT2D eigenvalue weighted by Crippen LogP contribution is -2.37. The Morgan fingerprint density at radius 3 is 2.64 bits per heavy atom. The molecule has 2 heterocycles. The van der Waals surface area contributed by atoms with Gasteiger partial charge in [0.2, 0.25) is 0 Å². The molecule has 1 atom stereocenters. The number of carbonyl (C=O) groups is 1. The lowest BCUT2D eigenvalue weighted by Gasteiger charge is -2.18. The Morgan fingerprint density at radius 2 is 1.96 bits per heavy atom. The Bertz CT molecular complexity index is 707. The summed E-state index contributed by atoms with van der Waals surface area (Å²) in [4.78, 5) is 14.7. The number of hydrogen-bond donors (Lipinski definition) is 2. The lowest BCUT2D eigenvalue weighted by atomic mass is 10.1. The molecule has 1 saturated heterocycles. The van der Waals surface area contributed by atoms with E-state index in [0.717, 1.165) is 31.0 Å². The number of amides is 2. The van der Waals surface area contributed by atoms with E-state index < -0.39 is 0 Å². The van der Waals surface area contributed by atoms with E-state index in [4.69, 9.17) is 0 Å². The minimum atomic E-state index is -0.202. The summed E-state index contributed by atoms with van der Waals surface area (Å²) in [5.74, 6) is 0.726. The van der Waals surface area contributed by atoms with Gasteiger partial charge in [0, 0.05) is 20.1 Å². The summed E-state index contributed by atoms with van der Waals surface area (Å²) in [5, 5.41) is 13.7. The standard InChI is InChI=1S/C18H26N6O/c1-14(17-22-20-13-23(17)2)21-18(25)19-11-15-7-3-4-8-16(15)12-24-9-5-6-10-24/h3-4,7-8,13-14H,5-6,9-12H2,1-2H3,(H2,19,21,25)/t14-/m1/s1. The number of nitrogens with one attached hydrogen (secondary N) is 2. The van der Waals surface area contributed by atoms with Crippen LogP contribution in [0.25, 0.3) is 0 Å². The van der Waals surface area contributed by atoms with Crippen molar-refractivity contribution in [3.8, 4) is 0 Å². The molecule has 1 fully saturated rings. The molecule has 0 bridgehead atoms. The number of nitrogens with zero attached hydrogens (tertiary/aromatic N) is 4. The fraction of sp³-hybridized carbons (Fsp3) is 0.500. The molecular formula is C18H26N6O. The SMILES string of the molecule is C[C@@H](NC(=O)NCc1ccccc1CN1CCCC1)c1nncn1C. The zero-order valence-corrected chi connectivity index (χ0v) is 14.9. The fourth-order valence-corrected chi connectivity index (χ4v) is 3.24. The predicted octanol–water partition coefficient (Wildman–Crippen LogP) is 1.97. The molecule has 1 aliphatic heterocycles. The minimum absolute atomic E-state index is 0.202. The summed E-state index contributed by atoms with van der Waals surface area (Å²) in [6.45, 7) is 5.69. The monoisotopic (exact) mass is 342 g/mol. The van der Waals surface area contributed by atoms with Gasteiger partial charge in [-0.15, -0.1) is 10.2 Å². The molecule has 25 heavy (non-hydrogen) atoms. The smallest absolute Gasteiger partial charge is 0.315 e. The van der Waals surface area contributed by atoms with Crippen molar-refractivity contribution in [2.24, 2.45) is 7.05 Å². The molecule has 0 spiro atoms. The zero-order valence-electron chi connectivity index (χ0n) is 14.9. The van der Waals surface area contributed by atoms with E-state index in [9.17, 15) is 4.79 Å². The van der Waals surface area contributed by atoms with Crippen molar-refractivity contribution in [2.75, 3.05) is 13.1 Å². The van der Waals surface area contributed by atoms with Crippen LogP contribution in [0.15, 0.2) is 30.6 Å². The van der Waals surface area contributed by atoms with E-state index in [1.165, 1.54) is 18.4 Å². The van der Waals surface area contributed by atoms with Crippen LogP contribution >= 0.6 is 0 Å². The van der Waals surface area contributed by atoms with Crippen molar-refractivity contribution in [3.05, 3.63) is 47.5 Å². The van der Waals surface area contributed by atoms with Crippen LogP contribution in [-0.4, -0.2) is 38.8 Å². The third-order valence-electron chi connectivity index (χ3n) is 4.63. The Balaban J connectivity index is 1.54. The number of benzene rings is 1. The van der Waals surface area contributed by atoms with E-state index in [-0.39, 0.29) is 12.1 Å². The van der Waals surface area contributed by atoms with Crippen molar-refractivity contribution in [3.63, 3.8) is 0 Å². The van der Waals surface area contributed by atoms with Crippen LogP contribution in [0.4, 0.5) is 4.79 Å². The molecule has 0 saturated carbocycles. The Labute approximate surface area is 148 Å². The van der Waals surface area contributed by atoms with Gasteiger partial charge in [-0.2, -0.15) is 0 Å². The Morgan fingerprint density at radius 1 is 1.24 bits per heavy atom. The molecule has 2 amide bonds. The molecule has 0 unspecified atom stereocenters. The first-order chi connectivity index (χ1) is 12.1. The summed E-state index contributed by atoms with van der Waals surface area (Å²) < 4.78 is 1.80. The van der Waals surface area contributed by atoms with E-state index in [1.807, 2.05) is 20.0 Å². The molecular weight excluding hydrogens is 316 g/mol. The number of rotatable bonds is 6. The molecule has 3 rings (SSSR count). The van der Waals surface area contributed by atoms with E-state index in [2.05, 4.69) is 43.9 Å². The summed E-state index contributed by atoms with van der Waals surface area (Å²) in [5.41, 5.74) is 2.45. The van der Waals surface area contributed by atoms with Gasteiger partial charge in [-0.1, -0.05) is 24.3 Å². The second-order valence-corrected chi connectivity index (χ2v) is 6.60. The Hall–Kier alpha value is -2.41. The van der Waals surface area contributed by atoms with Crippen molar-refractivity contribution in [1.82, 2.24) is 30.3 Å². The molecule has 1 aromatic carbocycles. The normalized spacial score (nSPS) is 15.9. The number of aromatic nitrogens is 3. The first-order valence-corrected chi connectivity index (χ1v) is 8.81. The summed E-state index contributed by atoms with van der Waals surface area (Å²) >= 11 is 0. The average Bonchev–Trinajstić information content (AvgIpc) is 3.25. The average molecular weight is 342 g/mol. The quantitative estimate of drug-likeness (QED) is 0.842. The summed E-state index contributed by atoms with van der Waals surface area (Å²) in [7, 11) is 1.86.